The lowest BCUT2D eigenvalue weighted by molar-refractivity contribution is 0.140. The van der Waals surface area contributed by atoms with Gasteiger partial charge in [-0.2, -0.15) is 0 Å². The first-order valence-corrected chi connectivity index (χ1v) is 10.4. The van der Waals surface area contributed by atoms with Crippen molar-refractivity contribution in [1.82, 2.24) is 10.6 Å². The van der Waals surface area contributed by atoms with Crippen LogP contribution in [0.4, 0.5) is 4.39 Å². The van der Waals surface area contributed by atoms with Crippen LogP contribution in [-0.2, 0) is 11.3 Å². The van der Waals surface area contributed by atoms with E-state index < -0.39 is 11.9 Å². The highest BCUT2D eigenvalue weighted by atomic mass is 127. The molecule has 1 fully saturated rings. The lowest BCUT2D eigenvalue weighted by Crippen LogP contribution is -2.39. The molecule has 2 aromatic rings. The van der Waals surface area contributed by atoms with E-state index in [2.05, 4.69) is 15.6 Å². The lowest BCUT2D eigenvalue weighted by Gasteiger charge is -2.17. The Labute approximate surface area is 200 Å². The van der Waals surface area contributed by atoms with E-state index in [0.29, 0.717) is 25.7 Å². The Hall–Kier alpha value is -1.91. The van der Waals surface area contributed by atoms with Gasteiger partial charge in [-0.3, -0.25) is 0 Å². The third-order valence-electron chi connectivity index (χ3n) is 4.88. The maximum absolute atomic E-state index is 13.9. The molecule has 0 radical (unpaired) electrons. The molecule has 3 N–H and O–H groups in total. The molecule has 2 atom stereocenters. The molecule has 1 aliphatic rings. The average Bonchev–Trinajstić information content (AvgIpc) is 3.24. The minimum atomic E-state index is -0.976. The van der Waals surface area contributed by atoms with Gasteiger partial charge in [0.1, 0.15) is 17.7 Å². The number of halogens is 2. The molecule has 0 spiro atoms. The van der Waals surface area contributed by atoms with Crippen molar-refractivity contribution in [3.63, 3.8) is 0 Å². The van der Waals surface area contributed by atoms with Gasteiger partial charge in [0.15, 0.2) is 5.96 Å². The number of aryl methyl sites for hydroxylation is 1. The Morgan fingerprint density at radius 2 is 2.10 bits per heavy atom. The number of aliphatic hydroxyl groups is 1. The summed E-state index contributed by atoms with van der Waals surface area (Å²) in [5.74, 6) is 0.936. The van der Waals surface area contributed by atoms with E-state index in [4.69, 9.17) is 9.47 Å². The van der Waals surface area contributed by atoms with Crippen LogP contribution in [0.2, 0.25) is 0 Å². The van der Waals surface area contributed by atoms with Crippen molar-refractivity contribution in [3.8, 4) is 5.75 Å². The Kier molecular flexibility index (Phi) is 10.5. The number of hydrogen-bond acceptors (Lipinski definition) is 4. The first-order chi connectivity index (χ1) is 14.6. The van der Waals surface area contributed by atoms with Crippen LogP contribution < -0.4 is 15.4 Å². The minimum Gasteiger partial charge on any atom is -0.488 e. The normalized spacial score (nSPS) is 17.0. The third kappa shape index (κ3) is 7.62. The summed E-state index contributed by atoms with van der Waals surface area (Å²) in [6, 6.07) is 12.3. The van der Waals surface area contributed by atoms with Gasteiger partial charge in [-0.15, -0.1) is 24.0 Å². The first kappa shape index (κ1) is 25.4. The van der Waals surface area contributed by atoms with Crippen molar-refractivity contribution in [2.24, 2.45) is 4.99 Å². The van der Waals surface area contributed by atoms with E-state index >= 15 is 0 Å². The molecule has 1 heterocycles. The molecule has 2 unspecified atom stereocenters. The van der Waals surface area contributed by atoms with Gasteiger partial charge in [0, 0.05) is 30.6 Å². The van der Waals surface area contributed by atoms with E-state index in [1.807, 2.05) is 32.0 Å². The Morgan fingerprint density at radius 1 is 1.29 bits per heavy atom. The zero-order valence-electron chi connectivity index (χ0n) is 17.9. The number of benzene rings is 2. The number of ether oxygens (including phenoxy) is 2. The molecule has 1 saturated heterocycles. The second-order valence-electron chi connectivity index (χ2n) is 7.33. The summed E-state index contributed by atoms with van der Waals surface area (Å²) >= 11 is 0. The molecule has 170 valence electrons. The second-order valence-corrected chi connectivity index (χ2v) is 7.33. The molecule has 1 aliphatic heterocycles. The highest BCUT2D eigenvalue weighted by Gasteiger charge is 2.19. The van der Waals surface area contributed by atoms with Gasteiger partial charge in [0.2, 0.25) is 0 Å². The molecule has 0 aliphatic carbocycles. The lowest BCUT2D eigenvalue weighted by atomic mass is 10.1. The SMILES string of the molecule is CCNC(=NCc1ccc(C)cc1OC1CCOC1)NCC(O)c1ccccc1F.I. The zero-order valence-corrected chi connectivity index (χ0v) is 20.3. The molecule has 6 nitrogen and oxygen atoms in total. The van der Waals surface area contributed by atoms with Gasteiger partial charge in [-0.1, -0.05) is 30.3 Å². The number of nitrogens with zero attached hydrogens (tertiary/aromatic N) is 1. The maximum Gasteiger partial charge on any atom is 0.191 e. The van der Waals surface area contributed by atoms with Crippen molar-refractivity contribution in [3.05, 3.63) is 65.0 Å². The van der Waals surface area contributed by atoms with Gasteiger partial charge in [0.25, 0.3) is 0 Å². The number of nitrogens with one attached hydrogen (secondary N) is 2. The van der Waals surface area contributed by atoms with Gasteiger partial charge in [-0.05, 0) is 31.5 Å². The fourth-order valence-electron chi connectivity index (χ4n) is 3.24. The van der Waals surface area contributed by atoms with Crippen molar-refractivity contribution < 1.29 is 19.0 Å². The standard InChI is InChI=1S/C23H30FN3O3.HI/c1-3-25-23(27-14-21(28)19-6-4-5-7-20(19)24)26-13-17-9-8-16(2)12-22(17)30-18-10-11-29-15-18;/h4-9,12,18,21,28H,3,10-11,13-15H2,1-2H3,(H2,25,26,27);1H. The summed E-state index contributed by atoms with van der Waals surface area (Å²) in [7, 11) is 0. The zero-order chi connectivity index (χ0) is 21.3. The van der Waals surface area contributed by atoms with Crippen molar-refractivity contribution in [2.45, 2.75) is 39.0 Å². The highest BCUT2D eigenvalue weighted by molar-refractivity contribution is 14.0. The summed E-state index contributed by atoms with van der Waals surface area (Å²) < 4.78 is 25.4. The van der Waals surface area contributed by atoms with Gasteiger partial charge >= 0.3 is 0 Å². The molecule has 0 amide bonds. The summed E-state index contributed by atoms with van der Waals surface area (Å²) in [5, 5.41) is 16.6. The minimum absolute atomic E-state index is 0. The summed E-state index contributed by atoms with van der Waals surface area (Å²) in [4.78, 5) is 4.61. The molecular weight excluding hydrogens is 512 g/mol. The van der Waals surface area contributed by atoms with Crippen LogP contribution in [0.25, 0.3) is 0 Å². The van der Waals surface area contributed by atoms with Crippen molar-refractivity contribution in [1.29, 1.82) is 0 Å². The van der Waals surface area contributed by atoms with Gasteiger partial charge in [-0.25, -0.2) is 9.38 Å². The monoisotopic (exact) mass is 543 g/mol. The fraction of sp³-hybridized carbons (Fsp3) is 0.435. The number of aliphatic imine (C=N–C) groups is 1. The summed E-state index contributed by atoms with van der Waals surface area (Å²) in [5.41, 5.74) is 2.35. The molecule has 0 aromatic heterocycles. The van der Waals surface area contributed by atoms with E-state index in [9.17, 15) is 9.50 Å². The van der Waals surface area contributed by atoms with Crippen LogP contribution in [-0.4, -0.2) is 43.5 Å². The van der Waals surface area contributed by atoms with E-state index in [0.717, 1.165) is 29.9 Å². The molecule has 0 saturated carbocycles. The number of hydrogen-bond donors (Lipinski definition) is 3. The fourth-order valence-corrected chi connectivity index (χ4v) is 3.24. The third-order valence-corrected chi connectivity index (χ3v) is 4.88. The number of aliphatic hydroxyl groups excluding tert-OH is 1. The average molecular weight is 543 g/mol. The Morgan fingerprint density at radius 3 is 2.81 bits per heavy atom. The van der Waals surface area contributed by atoms with E-state index in [1.165, 1.54) is 6.07 Å². The Balaban J connectivity index is 0.00000341. The summed E-state index contributed by atoms with van der Waals surface area (Å²) in [6.07, 6.45) is -0.0260. The van der Waals surface area contributed by atoms with Crippen LogP contribution in [0.5, 0.6) is 5.75 Å². The van der Waals surface area contributed by atoms with Crippen molar-refractivity contribution >= 4 is 29.9 Å². The van der Waals surface area contributed by atoms with Gasteiger partial charge < -0.3 is 25.2 Å². The predicted octanol–water partition coefficient (Wildman–Crippen LogP) is 3.71. The second kappa shape index (κ2) is 12.8. The van der Waals surface area contributed by atoms with Gasteiger partial charge in [0.05, 0.1) is 25.9 Å². The number of rotatable bonds is 8. The highest BCUT2D eigenvalue weighted by Crippen LogP contribution is 2.24. The smallest absolute Gasteiger partial charge is 0.191 e. The molecule has 3 rings (SSSR count). The number of guanidine groups is 1. The van der Waals surface area contributed by atoms with Crippen LogP contribution in [0, 0.1) is 12.7 Å². The molecule has 0 bridgehead atoms. The largest absolute Gasteiger partial charge is 0.488 e. The summed E-state index contributed by atoms with van der Waals surface area (Å²) in [6.45, 7) is 6.54. The van der Waals surface area contributed by atoms with Crippen molar-refractivity contribution in [2.75, 3.05) is 26.3 Å². The molecule has 8 heteroatoms. The van der Waals surface area contributed by atoms with Crippen LogP contribution in [0.3, 0.4) is 0 Å². The van der Waals surface area contributed by atoms with E-state index in [-0.39, 0.29) is 42.2 Å². The van der Waals surface area contributed by atoms with Crippen LogP contribution in [0.15, 0.2) is 47.5 Å². The molecular formula is C23H31FIN3O3. The first-order valence-electron chi connectivity index (χ1n) is 10.4. The van der Waals surface area contributed by atoms with Crippen LogP contribution >= 0.6 is 24.0 Å². The Bertz CT molecular complexity index is 860. The van der Waals surface area contributed by atoms with E-state index in [1.54, 1.807) is 18.2 Å². The topological polar surface area (TPSA) is 75.1 Å². The predicted molar refractivity (Wildman–Crippen MR) is 131 cm³/mol. The molecule has 2 aromatic carbocycles. The quantitative estimate of drug-likeness (QED) is 0.269. The molecule has 31 heavy (non-hydrogen) atoms. The van der Waals surface area contributed by atoms with Crippen LogP contribution in [0.1, 0.15) is 36.1 Å². The maximum atomic E-state index is 13.9.